The standard InChI is InChI=1S/C46H56N4O11/c1-27-22-33-40(48-17-9-7-8-13-31-14-11-15-32-35(51)26-39(60-44(31)32)50-18-20-59-21-19-50)36(52)25-34(42(33)54)49-45(55)28(2)12-10-16-37(57-5)43(61-46(47)56)30(4)24-29(3)41(53)38(23-27)58-6/h10-12,14-16,24-27,29,37-38,41,43,48,53H,7,9,17-23H2,1-6H3,(H2,47,56)(H,49,55)/b16-10-,28-12+,30-24+/t27-,29+,37+,38+,41-,43+/m1/s1. The molecule has 2 bridgehead atoms. The molecule has 2 amide bonds. The fourth-order valence-electron chi connectivity index (χ4n) is 7.53. The number of aliphatic hydroxyl groups is 1. The smallest absolute Gasteiger partial charge is 0.405 e. The third kappa shape index (κ3) is 11.9. The molecule has 0 saturated carbocycles. The number of hydrogen-bond donors (Lipinski definition) is 4. The fourth-order valence-corrected chi connectivity index (χ4v) is 7.53. The molecule has 5 rings (SSSR count). The molecular weight excluding hydrogens is 785 g/mol. The number of benzene rings is 1. The quantitative estimate of drug-likeness (QED) is 0.128. The molecule has 2 aliphatic heterocycles. The van der Waals surface area contributed by atoms with Crippen molar-refractivity contribution in [2.75, 3.05) is 52.0 Å². The minimum atomic E-state index is -1.02. The number of morpholine rings is 1. The van der Waals surface area contributed by atoms with Crippen molar-refractivity contribution in [2.45, 2.75) is 77.8 Å². The Balaban J connectivity index is 1.37. The van der Waals surface area contributed by atoms with Gasteiger partial charge in [0.1, 0.15) is 6.10 Å². The Bertz CT molecular complexity index is 2250. The minimum Gasteiger partial charge on any atom is -0.439 e. The second-order valence-electron chi connectivity index (χ2n) is 15.5. The summed E-state index contributed by atoms with van der Waals surface area (Å²) in [6.45, 7) is 9.59. The lowest BCUT2D eigenvalue weighted by Gasteiger charge is -2.30. The Labute approximate surface area is 355 Å². The van der Waals surface area contributed by atoms with Crippen LogP contribution in [0.3, 0.4) is 0 Å². The molecule has 1 saturated heterocycles. The van der Waals surface area contributed by atoms with Crippen LogP contribution < -0.4 is 26.7 Å². The SMILES string of the molecule is CO[C@H]1/C=C\C=C(/C)C(=O)NC2=CC(=O)C(NCCCC#Cc3cccc4c(=O)cc(N5CCOCC5)oc34)=C(C[C@@H](C)C[C@H](OC)[C@H](O)[C@@H](C)/C=C(\C)[C@@H]1OC(N)=O)C2=O. The monoisotopic (exact) mass is 840 g/mol. The van der Waals surface area contributed by atoms with E-state index in [-0.39, 0.29) is 40.3 Å². The number of carbonyl (C=O) groups excluding carboxylic acids is 4. The Morgan fingerprint density at radius 2 is 1.85 bits per heavy atom. The molecule has 3 aliphatic rings. The Morgan fingerprint density at radius 3 is 2.56 bits per heavy atom. The van der Waals surface area contributed by atoms with Gasteiger partial charge in [-0.2, -0.15) is 0 Å². The maximum absolute atomic E-state index is 14.1. The molecule has 0 spiro atoms. The molecule has 0 unspecified atom stereocenters. The molecule has 6 atom stereocenters. The first-order chi connectivity index (χ1) is 29.2. The predicted octanol–water partition coefficient (Wildman–Crippen LogP) is 4.13. The molecule has 1 aliphatic carbocycles. The number of hydrogen-bond acceptors (Lipinski definition) is 13. The number of primary amides is 1. The average Bonchev–Trinajstić information content (AvgIpc) is 3.24. The van der Waals surface area contributed by atoms with Crippen LogP contribution in [0.4, 0.5) is 10.7 Å². The lowest BCUT2D eigenvalue weighted by molar-refractivity contribution is -0.120. The van der Waals surface area contributed by atoms with Gasteiger partial charge in [-0.1, -0.05) is 56.1 Å². The van der Waals surface area contributed by atoms with E-state index in [1.54, 1.807) is 57.2 Å². The first kappa shape index (κ1) is 46.3. The van der Waals surface area contributed by atoms with Crippen molar-refractivity contribution in [2.24, 2.45) is 17.6 Å². The molecule has 15 nitrogen and oxygen atoms in total. The number of unbranched alkanes of at least 4 members (excludes halogenated alkanes) is 1. The van der Waals surface area contributed by atoms with Crippen molar-refractivity contribution in [3.8, 4) is 11.8 Å². The zero-order valence-corrected chi connectivity index (χ0v) is 35.6. The fraction of sp³-hybridized carbons (Fsp3) is 0.457. The van der Waals surface area contributed by atoms with Crippen molar-refractivity contribution in [3.05, 3.63) is 98.5 Å². The van der Waals surface area contributed by atoms with Crippen LogP contribution in [0.1, 0.15) is 58.9 Å². The van der Waals surface area contributed by atoms with Crippen molar-refractivity contribution >= 4 is 40.4 Å². The van der Waals surface area contributed by atoms with Crippen LogP contribution in [0.15, 0.2) is 92.0 Å². The highest BCUT2D eigenvalue weighted by Crippen LogP contribution is 2.29. The molecule has 0 radical (unpaired) electrons. The number of anilines is 1. The third-order valence-electron chi connectivity index (χ3n) is 10.9. The Morgan fingerprint density at radius 1 is 1.10 bits per heavy atom. The van der Waals surface area contributed by atoms with Gasteiger partial charge in [0.2, 0.25) is 11.6 Å². The number of nitrogens with two attached hydrogens (primary N) is 1. The summed E-state index contributed by atoms with van der Waals surface area (Å²) >= 11 is 0. The summed E-state index contributed by atoms with van der Waals surface area (Å²) in [5.74, 6) is 4.41. The van der Waals surface area contributed by atoms with Crippen molar-refractivity contribution in [1.29, 1.82) is 0 Å². The van der Waals surface area contributed by atoms with E-state index in [0.717, 1.165) is 6.08 Å². The first-order valence-electron chi connectivity index (χ1n) is 20.4. The van der Waals surface area contributed by atoms with Gasteiger partial charge in [0, 0.05) is 69.5 Å². The van der Waals surface area contributed by atoms with E-state index in [1.807, 2.05) is 11.8 Å². The summed E-state index contributed by atoms with van der Waals surface area (Å²) in [4.78, 5) is 67.9. The molecule has 326 valence electrons. The topological polar surface area (TPSA) is 209 Å². The minimum absolute atomic E-state index is 0.128. The van der Waals surface area contributed by atoms with Crippen LogP contribution in [-0.4, -0.2) is 100 Å². The Hall–Kier alpha value is -5.79. The number of nitrogens with zero attached hydrogens (tertiary/aromatic N) is 1. The molecule has 5 N–H and O–H groups in total. The second kappa shape index (κ2) is 21.6. The van der Waals surface area contributed by atoms with Gasteiger partial charge in [0.15, 0.2) is 23.0 Å². The number of rotatable bonds is 8. The maximum atomic E-state index is 14.1. The molecule has 15 heteroatoms. The van der Waals surface area contributed by atoms with E-state index in [9.17, 15) is 29.1 Å². The number of allylic oxidation sites excluding steroid dienone is 4. The zero-order valence-electron chi connectivity index (χ0n) is 35.6. The number of carbonyl (C=O) groups is 4. The highest BCUT2D eigenvalue weighted by Gasteiger charge is 2.33. The summed E-state index contributed by atoms with van der Waals surface area (Å²) in [6, 6.07) is 6.78. The van der Waals surface area contributed by atoms with Gasteiger partial charge >= 0.3 is 6.09 Å². The van der Waals surface area contributed by atoms with Crippen LogP contribution in [0.5, 0.6) is 0 Å². The van der Waals surface area contributed by atoms with Crippen LogP contribution in [0, 0.1) is 23.7 Å². The van der Waals surface area contributed by atoms with E-state index >= 15 is 0 Å². The van der Waals surface area contributed by atoms with Crippen LogP contribution in [0.2, 0.25) is 0 Å². The number of amides is 2. The van der Waals surface area contributed by atoms with Gasteiger partial charge in [0.05, 0.1) is 47.8 Å². The molecule has 61 heavy (non-hydrogen) atoms. The number of fused-ring (bicyclic) bond motifs is 3. The summed E-state index contributed by atoms with van der Waals surface area (Å²) in [5, 5.41) is 17.7. The third-order valence-corrected chi connectivity index (χ3v) is 10.9. The van der Waals surface area contributed by atoms with Gasteiger partial charge in [0.25, 0.3) is 5.91 Å². The number of Topliss-reactive ketones (excluding diaryl/α,β-unsaturated/α-hetero) is 1. The van der Waals surface area contributed by atoms with Crippen molar-refractivity contribution in [1.82, 2.24) is 10.6 Å². The van der Waals surface area contributed by atoms with E-state index < -0.39 is 53.9 Å². The van der Waals surface area contributed by atoms with Crippen LogP contribution in [0.25, 0.3) is 11.0 Å². The average molecular weight is 841 g/mol. The highest BCUT2D eigenvalue weighted by atomic mass is 16.6. The number of para-hydroxylation sites is 1. The molecular formula is C46H56N4O11. The second-order valence-corrected chi connectivity index (χ2v) is 15.5. The highest BCUT2D eigenvalue weighted by molar-refractivity contribution is 6.23. The van der Waals surface area contributed by atoms with Crippen LogP contribution in [-0.2, 0) is 33.3 Å². The first-order valence-corrected chi connectivity index (χ1v) is 20.4. The van der Waals surface area contributed by atoms with Crippen LogP contribution >= 0.6 is 0 Å². The van der Waals surface area contributed by atoms with Gasteiger partial charge < -0.3 is 49.7 Å². The number of nitrogens with one attached hydrogen (secondary N) is 2. The lowest BCUT2D eigenvalue weighted by atomic mass is 9.85. The molecule has 1 aromatic carbocycles. The van der Waals surface area contributed by atoms with Gasteiger partial charge in [-0.3, -0.25) is 19.2 Å². The van der Waals surface area contributed by atoms with E-state index in [0.29, 0.717) is 80.1 Å². The Kier molecular flexibility index (Phi) is 16.4. The number of aliphatic hydroxyl groups excluding tert-OH is 1. The molecule has 3 heterocycles. The van der Waals surface area contributed by atoms with Crippen molar-refractivity contribution in [3.63, 3.8) is 0 Å². The number of ether oxygens (including phenoxy) is 4. The summed E-state index contributed by atoms with van der Waals surface area (Å²) in [7, 11) is 2.91. The molecule has 2 aromatic rings. The maximum Gasteiger partial charge on any atom is 0.405 e. The van der Waals surface area contributed by atoms with Gasteiger partial charge in [-0.15, -0.1) is 0 Å². The van der Waals surface area contributed by atoms with Gasteiger partial charge in [-0.25, -0.2) is 4.79 Å². The molecule has 1 fully saturated rings. The summed E-state index contributed by atoms with van der Waals surface area (Å²) in [6.07, 6.45) is 4.42. The van der Waals surface area contributed by atoms with Gasteiger partial charge in [-0.05, 0) is 56.7 Å². The largest absolute Gasteiger partial charge is 0.439 e. The predicted molar refractivity (Wildman–Crippen MR) is 229 cm³/mol. The number of ketones is 2. The zero-order chi connectivity index (χ0) is 44.2. The van der Waals surface area contributed by atoms with E-state index in [1.165, 1.54) is 26.4 Å². The summed E-state index contributed by atoms with van der Waals surface area (Å²) < 4.78 is 28.4. The number of methoxy groups -OCH3 is 2. The van der Waals surface area contributed by atoms with E-state index in [2.05, 4.69) is 22.5 Å². The summed E-state index contributed by atoms with van der Waals surface area (Å²) in [5.41, 5.74) is 7.20. The normalized spacial score (nSPS) is 26.8. The molecule has 1 aromatic heterocycles. The van der Waals surface area contributed by atoms with Crippen molar-refractivity contribution < 1.29 is 47.6 Å². The van der Waals surface area contributed by atoms with E-state index in [4.69, 9.17) is 29.1 Å². The lowest BCUT2D eigenvalue weighted by Crippen LogP contribution is -2.38.